The molecule has 0 atom stereocenters. The fourth-order valence-corrected chi connectivity index (χ4v) is 4.08. The zero-order valence-electron chi connectivity index (χ0n) is 18.1. The molecule has 0 saturated heterocycles. The van der Waals surface area contributed by atoms with Crippen LogP contribution in [0.3, 0.4) is 0 Å². The van der Waals surface area contributed by atoms with Crippen molar-refractivity contribution in [2.24, 2.45) is 0 Å². The fourth-order valence-electron chi connectivity index (χ4n) is 3.86. The number of carboxylic acids is 1. The van der Waals surface area contributed by atoms with Crippen LogP contribution in [0.25, 0.3) is 5.57 Å². The number of allylic oxidation sites excluding steroid dienone is 1. The number of alkyl halides is 2. The summed E-state index contributed by atoms with van der Waals surface area (Å²) in [7, 11) is 0. The number of carbonyl (C=O) groups is 3. The Bertz CT molecular complexity index is 1350. The van der Waals surface area contributed by atoms with E-state index in [9.17, 15) is 19.5 Å². The second-order valence-corrected chi connectivity index (χ2v) is 8.23. The number of nitrogens with one attached hydrogen (secondary N) is 2. The van der Waals surface area contributed by atoms with Gasteiger partial charge in [0.25, 0.3) is 11.8 Å². The van der Waals surface area contributed by atoms with E-state index >= 15 is 8.78 Å². The smallest absolute Gasteiger partial charge is 0.340 e. The first-order chi connectivity index (χ1) is 16.7. The van der Waals surface area contributed by atoms with Gasteiger partial charge in [0.05, 0.1) is 10.6 Å². The zero-order valence-corrected chi connectivity index (χ0v) is 18.9. The Morgan fingerprint density at radius 1 is 0.943 bits per heavy atom. The third kappa shape index (κ3) is 4.93. The van der Waals surface area contributed by atoms with Gasteiger partial charge in [-0.1, -0.05) is 41.9 Å². The number of Topliss-reactive ketones (excluding diaryl/α,β-unsaturated/α-hetero) is 1. The van der Waals surface area contributed by atoms with Crippen molar-refractivity contribution in [3.8, 4) is 0 Å². The lowest BCUT2D eigenvalue weighted by atomic mass is 9.88. The second kappa shape index (κ2) is 9.68. The van der Waals surface area contributed by atoms with Gasteiger partial charge in [0, 0.05) is 41.0 Å². The predicted molar refractivity (Wildman–Crippen MR) is 129 cm³/mol. The number of hydrogen-bond donors (Lipinski definition) is 3. The van der Waals surface area contributed by atoms with E-state index in [1.807, 2.05) is 0 Å². The molecule has 0 aliphatic carbocycles. The SMILES string of the molecule is O=C(O)C(C(=O)c1ccc(NC(=O)c2ccccc2Cl)cc1)=C1c2ccccc2NCCC1(F)F. The summed E-state index contributed by atoms with van der Waals surface area (Å²) < 4.78 is 30.2. The molecule has 0 radical (unpaired) electrons. The number of aliphatic carboxylic acids is 1. The van der Waals surface area contributed by atoms with E-state index in [0.29, 0.717) is 11.4 Å². The lowest BCUT2D eigenvalue weighted by molar-refractivity contribution is -0.132. The Morgan fingerprint density at radius 2 is 1.60 bits per heavy atom. The van der Waals surface area contributed by atoms with Gasteiger partial charge in [-0.05, 0) is 42.5 Å². The molecule has 0 bridgehead atoms. The van der Waals surface area contributed by atoms with Gasteiger partial charge in [-0.2, -0.15) is 0 Å². The molecule has 35 heavy (non-hydrogen) atoms. The third-order valence-corrected chi connectivity index (χ3v) is 5.86. The van der Waals surface area contributed by atoms with Crippen molar-refractivity contribution in [2.75, 3.05) is 17.2 Å². The normalized spacial score (nSPS) is 15.7. The quantitative estimate of drug-likeness (QED) is 0.180. The van der Waals surface area contributed by atoms with Gasteiger partial charge in [0.2, 0.25) is 5.78 Å². The van der Waals surface area contributed by atoms with E-state index in [0.717, 1.165) is 0 Å². The van der Waals surface area contributed by atoms with Crippen LogP contribution in [-0.4, -0.2) is 35.2 Å². The number of fused-ring (bicyclic) bond motifs is 1. The fraction of sp³-hybridized carbons (Fsp3) is 0.115. The number of carbonyl (C=O) groups excluding carboxylic acids is 2. The Kier molecular flexibility index (Phi) is 6.66. The van der Waals surface area contributed by atoms with Crippen LogP contribution in [0.15, 0.2) is 78.4 Å². The number of amides is 1. The molecule has 3 aromatic rings. The molecule has 0 fully saturated rings. The molecule has 1 aliphatic heterocycles. The number of halogens is 3. The maximum absolute atomic E-state index is 15.1. The van der Waals surface area contributed by atoms with Crippen LogP contribution in [0.1, 0.15) is 32.7 Å². The Morgan fingerprint density at radius 3 is 2.29 bits per heavy atom. The van der Waals surface area contributed by atoms with Crippen LogP contribution in [0.4, 0.5) is 20.2 Å². The summed E-state index contributed by atoms with van der Waals surface area (Å²) >= 11 is 6.03. The van der Waals surface area contributed by atoms with E-state index in [1.54, 1.807) is 36.4 Å². The van der Waals surface area contributed by atoms with E-state index < -0.39 is 41.1 Å². The predicted octanol–water partition coefficient (Wildman–Crippen LogP) is 5.76. The highest BCUT2D eigenvalue weighted by Gasteiger charge is 2.43. The molecular weight excluding hydrogens is 478 g/mol. The molecule has 6 nitrogen and oxygen atoms in total. The van der Waals surface area contributed by atoms with Crippen molar-refractivity contribution < 1.29 is 28.3 Å². The highest BCUT2D eigenvalue weighted by molar-refractivity contribution is 6.34. The van der Waals surface area contributed by atoms with Crippen LogP contribution < -0.4 is 10.6 Å². The van der Waals surface area contributed by atoms with Crippen molar-refractivity contribution in [3.63, 3.8) is 0 Å². The van der Waals surface area contributed by atoms with Gasteiger partial charge >= 0.3 is 5.97 Å². The molecule has 0 spiro atoms. The minimum absolute atomic E-state index is 0.0376. The monoisotopic (exact) mass is 496 g/mol. The first-order valence-corrected chi connectivity index (χ1v) is 11.0. The van der Waals surface area contributed by atoms with Gasteiger partial charge < -0.3 is 15.7 Å². The summed E-state index contributed by atoms with van der Waals surface area (Å²) in [6.45, 7) is -0.0889. The molecule has 1 amide bonds. The van der Waals surface area contributed by atoms with E-state index in [4.69, 9.17) is 11.6 Å². The maximum atomic E-state index is 15.1. The average molecular weight is 497 g/mol. The number of carboxylic acid groups (broad SMARTS) is 1. The average Bonchev–Trinajstić information content (AvgIpc) is 2.95. The molecule has 178 valence electrons. The van der Waals surface area contributed by atoms with Crippen LogP contribution in [0, 0.1) is 0 Å². The number of rotatable bonds is 5. The van der Waals surface area contributed by atoms with Gasteiger partial charge in [-0.15, -0.1) is 0 Å². The van der Waals surface area contributed by atoms with Crippen LogP contribution in [0.2, 0.25) is 5.02 Å². The van der Waals surface area contributed by atoms with Crippen molar-refractivity contribution in [1.29, 1.82) is 0 Å². The molecule has 1 aliphatic rings. The molecular formula is C26H19ClF2N2O4. The highest BCUT2D eigenvalue weighted by atomic mass is 35.5. The molecule has 3 N–H and O–H groups in total. The topological polar surface area (TPSA) is 95.5 Å². The summed E-state index contributed by atoms with van der Waals surface area (Å²) in [6, 6.07) is 17.8. The minimum Gasteiger partial charge on any atom is -0.478 e. The summed E-state index contributed by atoms with van der Waals surface area (Å²) in [5.41, 5.74) is -1.10. The first-order valence-electron chi connectivity index (χ1n) is 10.6. The number of anilines is 2. The lowest BCUT2D eigenvalue weighted by Gasteiger charge is -2.20. The Labute approximate surface area is 204 Å². The first kappa shape index (κ1) is 24.1. The van der Waals surface area contributed by atoms with Gasteiger partial charge in [-0.25, -0.2) is 13.6 Å². The van der Waals surface area contributed by atoms with Gasteiger partial charge in [0.1, 0.15) is 5.57 Å². The van der Waals surface area contributed by atoms with E-state index in [2.05, 4.69) is 10.6 Å². The Hall–Kier alpha value is -4.04. The van der Waals surface area contributed by atoms with Crippen LogP contribution in [-0.2, 0) is 4.79 Å². The van der Waals surface area contributed by atoms with Crippen molar-refractivity contribution >= 4 is 46.2 Å². The molecule has 3 aromatic carbocycles. The molecule has 9 heteroatoms. The summed E-state index contributed by atoms with van der Waals surface area (Å²) in [5.74, 6) is -6.85. The second-order valence-electron chi connectivity index (χ2n) is 7.82. The molecule has 0 aromatic heterocycles. The summed E-state index contributed by atoms with van der Waals surface area (Å²) in [5, 5.41) is 15.6. The van der Waals surface area contributed by atoms with Gasteiger partial charge in [-0.3, -0.25) is 9.59 Å². The number of para-hydroxylation sites is 1. The van der Waals surface area contributed by atoms with Crippen molar-refractivity contribution in [2.45, 2.75) is 12.3 Å². The van der Waals surface area contributed by atoms with E-state index in [-0.39, 0.29) is 28.3 Å². The standard InChI is InChI=1S/C26H19ClF2N2O4/c27-19-7-3-1-5-17(19)24(33)31-16-11-9-15(10-12-16)23(32)21(25(34)35)22-18-6-2-4-8-20(18)30-14-13-26(22,28)29/h1-12,30H,13-14H2,(H,31,33)(H,34,35). The number of benzene rings is 3. The van der Waals surface area contributed by atoms with Crippen LogP contribution in [0.5, 0.6) is 0 Å². The number of hydrogen-bond acceptors (Lipinski definition) is 4. The lowest BCUT2D eigenvalue weighted by Crippen LogP contribution is -2.26. The highest BCUT2D eigenvalue weighted by Crippen LogP contribution is 2.43. The van der Waals surface area contributed by atoms with Crippen molar-refractivity contribution in [3.05, 3.63) is 100 Å². The molecule has 0 saturated carbocycles. The molecule has 0 unspecified atom stereocenters. The molecule has 4 rings (SSSR count). The Balaban J connectivity index is 1.70. The summed E-state index contributed by atoms with van der Waals surface area (Å²) in [6.07, 6.45) is -0.673. The van der Waals surface area contributed by atoms with Crippen molar-refractivity contribution in [1.82, 2.24) is 0 Å². The summed E-state index contributed by atoms with van der Waals surface area (Å²) in [4.78, 5) is 37.8. The van der Waals surface area contributed by atoms with Gasteiger partial charge in [0.15, 0.2) is 0 Å². The van der Waals surface area contributed by atoms with E-state index in [1.165, 1.54) is 36.4 Å². The minimum atomic E-state index is -3.55. The van der Waals surface area contributed by atoms with Crippen LogP contribution >= 0.6 is 11.6 Å². The zero-order chi connectivity index (χ0) is 25.2. The maximum Gasteiger partial charge on any atom is 0.340 e. The molecule has 1 heterocycles. The largest absolute Gasteiger partial charge is 0.478 e. The third-order valence-electron chi connectivity index (χ3n) is 5.53. The number of ketones is 1.